The maximum Gasteiger partial charge on any atom is 0.387 e. The summed E-state index contributed by atoms with van der Waals surface area (Å²) < 4.78 is 33.6. The molecule has 0 amide bonds. The highest BCUT2D eigenvalue weighted by molar-refractivity contribution is 5.53. The lowest BCUT2D eigenvalue weighted by Crippen LogP contribution is -2.11. The lowest BCUT2D eigenvalue weighted by molar-refractivity contribution is -0.0498. The van der Waals surface area contributed by atoms with Crippen LogP contribution in [-0.2, 0) is 6.54 Å². The normalized spacial score (nSPS) is 10.8. The zero-order valence-electron chi connectivity index (χ0n) is 10.8. The standard InChI is InChI=1S/C12H14F2N4O2/c1-2-15-7-10-17-18-12(20-10)16-8-3-5-9(6-4-8)19-11(13)14/h3-6,11,15H,2,7H2,1H3,(H,16,18). The number of aromatic nitrogens is 2. The van der Waals surface area contributed by atoms with E-state index in [-0.39, 0.29) is 11.8 Å². The maximum atomic E-state index is 12.0. The largest absolute Gasteiger partial charge is 0.435 e. The second-order valence-electron chi connectivity index (χ2n) is 3.81. The van der Waals surface area contributed by atoms with E-state index in [1.165, 1.54) is 12.1 Å². The van der Waals surface area contributed by atoms with Crippen molar-refractivity contribution in [3.8, 4) is 5.75 Å². The van der Waals surface area contributed by atoms with E-state index in [2.05, 4.69) is 25.6 Å². The van der Waals surface area contributed by atoms with Crippen LogP contribution in [0.3, 0.4) is 0 Å². The SMILES string of the molecule is CCNCc1nnc(Nc2ccc(OC(F)F)cc2)o1. The molecule has 0 atom stereocenters. The molecule has 8 heteroatoms. The number of rotatable bonds is 7. The van der Waals surface area contributed by atoms with E-state index in [1.54, 1.807) is 12.1 Å². The van der Waals surface area contributed by atoms with Gasteiger partial charge in [-0.2, -0.15) is 8.78 Å². The van der Waals surface area contributed by atoms with Gasteiger partial charge in [0.05, 0.1) is 6.54 Å². The van der Waals surface area contributed by atoms with E-state index >= 15 is 0 Å². The molecule has 108 valence electrons. The van der Waals surface area contributed by atoms with Crippen molar-refractivity contribution in [2.24, 2.45) is 0 Å². The number of nitrogens with one attached hydrogen (secondary N) is 2. The van der Waals surface area contributed by atoms with Gasteiger partial charge in [0.2, 0.25) is 5.89 Å². The van der Waals surface area contributed by atoms with Crippen molar-refractivity contribution in [2.75, 3.05) is 11.9 Å². The Morgan fingerprint density at radius 3 is 2.65 bits per heavy atom. The van der Waals surface area contributed by atoms with E-state index in [0.29, 0.717) is 18.1 Å². The van der Waals surface area contributed by atoms with Crippen LogP contribution in [0.4, 0.5) is 20.5 Å². The number of nitrogens with zero attached hydrogens (tertiary/aromatic N) is 2. The van der Waals surface area contributed by atoms with E-state index in [4.69, 9.17) is 4.42 Å². The van der Waals surface area contributed by atoms with Gasteiger partial charge in [-0.3, -0.25) is 0 Å². The van der Waals surface area contributed by atoms with Crippen LogP contribution >= 0.6 is 0 Å². The van der Waals surface area contributed by atoms with Gasteiger partial charge in [0.15, 0.2) is 0 Å². The van der Waals surface area contributed by atoms with Crippen LogP contribution in [0.25, 0.3) is 0 Å². The van der Waals surface area contributed by atoms with Crippen molar-refractivity contribution >= 4 is 11.7 Å². The summed E-state index contributed by atoms with van der Waals surface area (Å²) in [6, 6.07) is 6.23. The molecule has 0 aliphatic heterocycles. The average molecular weight is 284 g/mol. The van der Waals surface area contributed by atoms with Gasteiger partial charge in [0.25, 0.3) is 0 Å². The van der Waals surface area contributed by atoms with Crippen molar-refractivity contribution in [2.45, 2.75) is 20.1 Å². The minimum Gasteiger partial charge on any atom is -0.435 e. The molecule has 0 saturated heterocycles. The number of hydrogen-bond donors (Lipinski definition) is 2. The molecule has 2 aromatic rings. The minimum absolute atomic E-state index is 0.0870. The third-order valence-electron chi connectivity index (χ3n) is 2.32. The lowest BCUT2D eigenvalue weighted by atomic mass is 10.3. The second kappa shape index (κ2) is 6.80. The topological polar surface area (TPSA) is 72.2 Å². The van der Waals surface area contributed by atoms with E-state index in [1.807, 2.05) is 6.92 Å². The van der Waals surface area contributed by atoms with Crippen LogP contribution in [-0.4, -0.2) is 23.4 Å². The fourth-order valence-corrected chi connectivity index (χ4v) is 1.45. The van der Waals surface area contributed by atoms with Crippen LogP contribution in [0.5, 0.6) is 5.75 Å². The van der Waals surface area contributed by atoms with Crippen LogP contribution in [0.2, 0.25) is 0 Å². The first-order chi connectivity index (χ1) is 9.67. The summed E-state index contributed by atoms with van der Waals surface area (Å²) in [5.74, 6) is 0.552. The number of ether oxygens (including phenoxy) is 1. The first-order valence-electron chi connectivity index (χ1n) is 6.02. The smallest absolute Gasteiger partial charge is 0.387 e. The number of halogens is 2. The highest BCUT2D eigenvalue weighted by Crippen LogP contribution is 2.20. The molecule has 0 bridgehead atoms. The molecule has 0 aliphatic rings. The molecule has 1 heterocycles. The van der Waals surface area contributed by atoms with E-state index in [0.717, 1.165) is 6.54 Å². The Balaban J connectivity index is 1.94. The van der Waals surface area contributed by atoms with Crippen LogP contribution in [0, 0.1) is 0 Å². The highest BCUT2D eigenvalue weighted by Gasteiger charge is 2.07. The molecule has 1 aromatic carbocycles. The second-order valence-corrected chi connectivity index (χ2v) is 3.81. The van der Waals surface area contributed by atoms with Crippen molar-refractivity contribution in [1.82, 2.24) is 15.5 Å². The molecule has 0 fully saturated rings. The minimum atomic E-state index is -2.83. The van der Waals surface area contributed by atoms with Crippen molar-refractivity contribution < 1.29 is 17.9 Å². The molecule has 0 aliphatic carbocycles. The summed E-state index contributed by atoms with van der Waals surface area (Å²) in [5.41, 5.74) is 0.630. The molecule has 0 radical (unpaired) electrons. The summed E-state index contributed by atoms with van der Waals surface area (Å²) >= 11 is 0. The molecule has 0 saturated carbocycles. The summed E-state index contributed by atoms with van der Waals surface area (Å²) in [5, 5.41) is 13.6. The zero-order valence-corrected chi connectivity index (χ0v) is 10.8. The molecule has 0 unspecified atom stereocenters. The zero-order chi connectivity index (χ0) is 14.4. The maximum absolute atomic E-state index is 12.0. The Morgan fingerprint density at radius 2 is 2.00 bits per heavy atom. The Labute approximate surface area is 114 Å². The molecule has 0 spiro atoms. The van der Waals surface area contributed by atoms with Gasteiger partial charge in [-0.25, -0.2) is 0 Å². The van der Waals surface area contributed by atoms with E-state index < -0.39 is 6.61 Å². The van der Waals surface area contributed by atoms with Crippen molar-refractivity contribution in [3.63, 3.8) is 0 Å². The fourth-order valence-electron chi connectivity index (χ4n) is 1.45. The fraction of sp³-hybridized carbons (Fsp3) is 0.333. The van der Waals surface area contributed by atoms with Crippen molar-refractivity contribution in [3.05, 3.63) is 30.2 Å². The Kier molecular flexibility index (Phi) is 4.83. The molecule has 1 aromatic heterocycles. The number of hydrogen-bond acceptors (Lipinski definition) is 6. The van der Waals surface area contributed by atoms with Gasteiger partial charge in [-0.1, -0.05) is 12.0 Å². The Hall–Kier alpha value is -2.22. The van der Waals surface area contributed by atoms with Gasteiger partial charge >= 0.3 is 12.6 Å². The highest BCUT2D eigenvalue weighted by atomic mass is 19.3. The molecule has 2 N–H and O–H groups in total. The molecular weight excluding hydrogens is 270 g/mol. The van der Waals surface area contributed by atoms with Gasteiger partial charge < -0.3 is 19.8 Å². The first-order valence-corrected chi connectivity index (χ1v) is 6.02. The molecular formula is C12H14F2N4O2. The Morgan fingerprint density at radius 1 is 1.25 bits per heavy atom. The van der Waals surface area contributed by atoms with Gasteiger partial charge in [-0.15, -0.1) is 5.10 Å². The molecule has 20 heavy (non-hydrogen) atoms. The van der Waals surface area contributed by atoms with Crippen molar-refractivity contribution in [1.29, 1.82) is 0 Å². The lowest BCUT2D eigenvalue weighted by Gasteiger charge is -2.05. The summed E-state index contributed by atoms with van der Waals surface area (Å²) in [4.78, 5) is 0. The predicted octanol–water partition coefficient (Wildman–Crippen LogP) is 2.52. The van der Waals surface area contributed by atoms with Gasteiger partial charge in [0.1, 0.15) is 5.75 Å². The third kappa shape index (κ3) is 4.16. The van der Waals surface area contributed by atoms with Crippen LogP contribution in [0.15, 0.2) is 28.7 Å². The van der Waals surface area contributed by atoms with Crippen LogP contribution < -0.4 is 15.4 Å². The molecule has 6 nitrogen and oxygen atoms in total. The summed E-state index contributed by atoms with van der Waals surface area (Å²) in [6.07, 6.45) is 0. The predicted molar refractivity (Wildman–Crippen MR) is 68.0 cm³/mol. The number of alkyl halides is 2. The number of anilines is 2. The first kappa shape index (κ1) is 14.2. The molecule has 2 rings (SSSR count). The summed E-state index contributed by atoms with van der Waals surface area (Å²) in [7, 11) is 0. The Bertz CT molecular complexity index is 531. The monoisotopic (exact) mass is 284 g/mol. The van der Waals surface area contributed by atoms with Crippen LogP contribution in [0.1, 0.15) is 12.8 Å². The van der Waals surface area contributed by atoms with Gasteiger partial charge in [-0.05, 0) is 30.8 Å². The number of benzene rings is 1. The quantitative estimate of drug-likeness (QED) is 0.814. The van der Waals surface area contributed by atoms with Gasteiger partial charge in [0, 0.05) is 5.69 Å². The van der Waals surface area contributed by atoms with E-state index in [9.17, 15) is 8.78 Å². The average Bonchev–Trinajstić information content (AvgIpc) is 2.86. The summed E-state index contributed by atoms with van der Waals surface area (Å²) in [6.45, 7) is 0.431. The third-order valence-corrected chi connectivity index (χ3v) is 2.32.